The minimum Gasteiger partial charge on any atom is -0.399 e. The van der Waals surface area contributed by atoms with Crippen molar-refractivity contribution in [3.8, 4) is 0 Å². The Labute approximate surface area is 134 Å². The molecule has 0 spiro atoms. The molecule has 122 valence electrons. The van der Waals surface area contributed by atoms with Gasteiger partial charge in [0.1, 0.15) is 0 Å². The third kappa shape index (κ3) is 4.49. The number of aryl methyl sites for hydroxylation is 1. The van der Waals surface area contributed by atoms with Crippen LogP contribution in [-0.4, -0.2) is 11.9 Å². The molecule has 0 heterocycles. The summed E-state index contributed by atoms with van der Waals surface area (Å²) in [4.78, 5) is 12.3. The monoisotopic (exact) mass is 302 g/mol. The van der Waals surface area contributed by atoms with E-state index >= 15 is 0 Å². The number of para-hydroxylation sites is 1. The van der Waals surface area contributed by atoms with Gasteiger partial charge in [-0.1, -0.05) is 45.4 Å². The number of carbonyl (C=O) groups is 1. The van der Waals surface area contributed by atoms with Crippen LogP contribution in [0.3, 0.4) is 0 Å². The molecule has 0 bridgehead atoms. The van der Waals surface area contributed by atoms with Gasteiger partial charge in [0.15, 0.2) is 0 Å². The van der Waals surface area contributed by atoms with Gasteiger partial charge in [-0.15, -0.1) is 0 Å². The molecule has 0 aliphatic heterocycles. The molecule has 0 saturated heterocycles. The van der Waals surface area contributed by atoms with Crippen LogP contribution in [0.2, 0.25) is 0 Å². The quantitative estimate of drug-likeness (QED) is 0.813. The molecule has 1 aromatic rings. The SMILES string of the molecule is CC1CCC(C(C)C)C(NC(=O)CCc2ccccc2N)C1. The van der Waals surface area contributed by atoms with Crippen molar-refractivity contribution >= 4 is 11.6 Å². The van der Waals surface area contributed by atoms with Crippen molar-refractivity contribution in [2.45, 2.75) is 58.9 Å². The molecule has 1 aliphatic rings. The first-order chi connectivity index (χ1) is 10.5. The Kier molecular flexibility index (Phi) is 5.87. The average Bonchev–Trinajstić information content (AvgIpc) is 2.46. The van der Waals surface area contributed by atoms with Crippen LogP contribution >= 0.6 is 0 Å². The Balaban J connectivity index is 1.88. The lowest BCUT2D eigenvalue weighted by molar-refractivity contribution is -0.122. The van der Waals surface area contributed by atoms with E-state index in [1.807, 2.05) is 24.3 Å². The van der Waals surface area contributed by atoms with Gasteiger partial charge >= 0.3 is 0 Å². The molecular weight excluding hydrogens is 272 g/mol. The number of hydrogen-bond acceptors (Lipinski definition) is 2. The number of benzene rings is 1. The zero-order valence-corrected chi connectivity index (χ0v) is 14.1. The summed E-state index contributed by atoms with van der Waals surface area (Å²) in [6.45, 7) is 6.83. The lowest BCUT2D eigenvalue weighted by atomic mass is 9.74. The Morgan fingerprint density at radius 3 is 2.73 bits per heavy atom. The maximum Gasteiger partial charge on any atom is 0.220 e. The first-order valence-corrected chi connectivity index (χ1v) is 8.60. The first kappa shape index (κ1) is 16.9. The van der Waals surface area contributed by atoms with Crippen molar-refractivity contribution in [2.24, 2.45) is 17.8 Å². The average molecular weight is 302 g/mol. The van der Waals surface area contributed by atoms with Crippen LogP contribution < -0.4 is 11.1 Å². The number of carbonyl (C=O) groups excluding carboxylic acids is 1. The summed E-state index contributed by atoms with van der Waals surface area (Å²) >= 11 is 0. The fourth-order valence-corrected chi connectivity index (χ4v) is 3.66. The fourth-order valence-electron chi connectivity index (χ4n) is 3.66. The zero-order valence-electron chi connectivity index (χ0n) is 14.1. The van der Waals surface area contributed by atoms with Crippen LogP contribution in [0, 0.1) is 17.8 Å². The Hall–Kier alpha value is -1.51. The molecule has 1 amide bonds. The predicted octanol–water partition coefficient (Wildman–Crippen LogP) is 3.78. The highest BCUT2D eigenvalue weighted by Crippen LogP contribution is 2.33. The summed E-state index contributed by atoms with van der Waals surface area (Å²) in [6.07, 6.45) is 4.87. The molecule has 0 radical (unpaired) electrons. The molecule has 0 aromatic heterocycles. The van der Waals surface area contributed by atoms with Crippen molar-refractivity contribution in [3.05, 3.63) is 29.8 Å². The standard InChI is InChI=1S/C19H30N2O/c1-13(2)16-10-8-14(3)12-18(16)21-19(22)11-9-15-6-4-5-7-17(15)20/h4-7,13-14,16,18H,8-12,20H2,1-3H3,(H,21,22). The van der Waals surface area contributed by atoms with E-state index in [1.54, 1.807) is 0 Å². The molecule has 1 fully saturated rings. The van der Waals surface area contributed by atoms with E-state index < -0.39 is 0 Å². The lowest BCUT2D eigenvalue weighted by Gasteiger charge is -2.37. The summed E-state index contributed by atoms with van der Waals surface area (Å²) in [7, 11) is 0. The maximum absolute atomic E-state index is 12.3. The zero-order chi connectivity index (χ0) is 16.1. The summed E-state index contributed by atoms with van der Waals surface area (Å²) in [5, 5.41) is 3.29. The second kappa shape index (κ2) is 7.66. The molecule has 1 saturated carbocycles. The molecule has 3 heteroatoms. The predicted molar refractivity (Wildman–Crippen MR) is 92.4 cm³/mol. The van der Waals surface area contributed by atoms with Gasteiger partial charge in [-0.2, -0.15) is 0 Å². The van der Waals surface area contributed by atoms with Gasteiger partial charge < -0.3 is 11.1 Å². The van der Waals surface area contributed by atoms with E-state index in [0.717, 1.165) is 17.7 Å². The minimum atomic E-state index is 0.160. The number of hydrogen-bond donors (Lipinski definition) is 2. The van der Waals surface area contributed by atoms with E-state index in [9.17, 15) is 4.79 Å². The molecule has 3 unspecified atom stereocenters. The van der Waals surface area contributed by atoms with E-state index in [0.29, 0.717) is 36.6 Å². The van der Waals surface area contributed by atoms with E-state index in [4.69, 9.17) is 5.73 Å². The highest BCUT2D eigenvalue weighted by Gasteiger charge is 2.31. The van der Waals surface area contributed by atoms with Crippen LogP contribution in [0.5, 0.6) is 0 Å². The van der Waals surface area contributed by atoms with Gasteiger partial charge in [0.05, 0.1) is 0 Å². The molecular formula is C19H30N2O. The van der Waals surface area contributed by atoms with Crippen molar-refractivity contribution in [1.29, 1.82) is 0 Å². The molecule has 3 nitrogen and oxygen atoms in total. The van der Waals surface area contributed by atoms with Crippen molar-refractivity contribution in [2.75, 3.05) is 5.73 Å². The van der Waals surface area contributed by atoms with Gasteiger partial charge in [0, 0.05) is 18.2 Å². The van der Waals surface area contributed by atoms with Crippen molar-refractivity contribution < 1.29 is 4.79 Å². The van der Waals surface area contributed by atoms with Crippen molar-refractivity contribution in [3.63, 3.8) is 0 Å². The number of anilines is 1. The van der Waals surface area contributed by atoms with Crippen LogP contribution in [0.15, 0.2) is 24.3 Å². The third-order valence-electron chi connectivity index (χ3n) is 5.05. The molecule has 1 aromatic carbocycles. The van der Waals surface area contributed by atoms with Crippen LogP contribution in [0.4, 0.5) is 5.69 Å². The van der Waals surface area contributed by atoms with E-state index in [-0.39, 0.29) is 5.91 Å². The van der Waals surface area contributed by atoms with E-state index in [1.165, 1.54) is 12.8 Å². The highest BCUT2D eigenvalue weighted by atomic mass is 16.1. The molecule has 3 atom stereocenters. The number of amides is 1. The van der Waals surface area contributed by atoms with E-state index in [2.05, 4.69) is 26.1 Å². The number of nitrogens with one attached hydrogen (secondary N) is 1. The summed E-state index contributed by atoms with van der Waals surface area (Å²) in [6, 6.07) is 8.13. The number of rotatable bonds is 5. The molecule has 3 N–H and O–H groups in total. The van der Waals surface area contributed by atoms with Crippen LogP contribution in [-0.2, 0) is 11.2 Å². The first-order valence-electron chi connectivity index (χ1n) is 8.60. The normalized spacial score (nSPS) is 25.2. The fraction of sp³-hybridized carbons (Fsp3) is 0.632. The van der Waals surface area contributed by atoms with Gasteiger partial charge in [0.25, 0.3) is 0 Å². The van der Waals surface area contributed by atoms with Gasteiger partial charge in [-0.25, -0.2) is 0 Å². The Morgan fingerprint density at radius 1 is 1.32 bits per heavy atom. The van der Waals surface area contributed by atoms with Gasteiger partial charge in [0.2, 0.25) is 5.91 Å². The van der Waals surface area contributed by atoms with Crippen molar-refractivity contribution in [1.82, 2.24) is 5.32 Å². The smallest absolute Gasteiger partial charge is 0.220 e. The van der Waals surface area contributed by atoms with Crippen LogP contribution in [0.25, 0.3) is 0 Å². The Morgan fingerprint density at radius 2 is 2.05 bits per heavy atom. The lowest BCUT2D eigenvalue weighted by Crippen LogP contribution is -2.45. The molecule has 1 aliphatic carbocycles. The minimum absolute atomic E-state index is 0.160. The molecule has 2 rings (SSSR count). The van der Waals surface area contributed by atoms with Crippen LogP contribution in [0.1, 0.15) is 52.0 Å². The largest absolute Gasteiger partial charge is 0.399 e. The van der Waals surface area contributed by atoms with Gasteiger partial charge in [-0.05, 0) is 48.6 Å². The number of nitrogen functional groups attached to an aromatic ring is 1. The second-order valence-corrected chi connectivity index (χ2v) is 7.20. The summed E-state index contributed by atoms with van der Waals surface area (Å²) in [5.41, 5.74) is 7.78. The molecule has 22 heavy (non-hydrogen) atoms. The second-order valence-electron chi connectivity index (χ2n) is 7.20. The summed E-state index contributed by atoms with van der Waals surface area (Å²) in [5.74, 6) is 2.11. The van der Waals surface area contributed by atoms with Gasteiger partial charge in [-0.3, -0.25) is 4.79 Å². The Bertz CT molecular complexity index is 498. The highest BCUT2D eigenvalue weighted by molar-refractivity contribution is 5.76. The maximum atomic E-state index is 12.3. The third-order valence-corrected chi connectivity index (χ3v) is 5.05. The topological polar surface area (TPSA) is 55.1 Å². The summed E-state index contributed by atoms with van der Waals surface area (Å²) < 4.78 is 0. The number of nitrogens with two attached hydrogens (primary N) is 1.